The van der Waals surface area contributed by atoms with Crippen LogP contribution in [0, 0.1) is 0 Å². The van der Waals surface area contributed by atoms with Crippen molar-refractivity contribution >= 4 is 33.3 Å². The van der Waals surface area contributed by atoms with Crippen molar-refractivity contribution in [3.8, 4) is 0 Å². The van der Waals surface area contributed by atoms with Crippen LogP contribution >= 0.6 is 0 Å². The summed E-state index contributed by atoms with van der Waals surface area (Å²) < 4.78 is 26.8. The molecule has 30 heavy (non-hydrogen) atoms. The SMILES string of the molecule is CNS(=O)(=O)c1ccc2c(c1)C(=Cc1[nH]c3c(c1CCCO)CCCCC3)C(=O)N2. The molecule has 2 aliphatic rings. The van der Waals surface area contributed by atoms with Gasteiger partial charge in [0.05, 0.1) is 10.5 Å². The van der Waals surface area contributed by atoms with Crippen LogP contribution in [0.3, 0.4) is 0 Å². The monoisotopic (exact) mass is 429 g/mol. The van der Waals surface area contributed by atoms with Crippen molar-refractivity contribution in [3.63, 3.8) is 0 Å². The molecule has 1 aromatic heterocycles. The van der Waals surface area contributed by atoms with Crippen LogP contribution in [0.2, 0.25) is 0 Å². The number of fused-ring (bicyclic) bond motifs is 2. The van der Waals surface area contributed by atoms with Gasteiger partial charge in [0, 0.05) is 29.2 Å². The lowest BCUT2D eigenvalue weighted by Crippen LogP contribution is -2.18. The predicted molar refractivity (Wildman–Crippen MR) is 117 cm³/mol. The van der Waals surface area contributed by atoms with Crippen LogP contribution in [0.1, 0.15) is 53.8 Å². The Balaban J connectivity index is 1.81. The second kappa shape index (κ2) is 8.37. The van der Waals surface area contributed by atoms with Crippen molar-refractivity contribution in [1.29, 1.82) is 0 Å². The summed E-state index contributed by atoms with van der Waals surface area (Å²) in [4.78, 5) is 16.3. The molecule has 0 unspecified atom stereocenters. The Morgan fingerprint density at radius 1 is 1.20 bits per heavy atom. The van der Waals surface area contributed by atoms with Gasteiger partial charge in [-0.05, 0) is 81.0 Å². The number of aromatic amines is 1. The van der Waals surface area contributed by atoms with E-state index < -0.39 is 10.0 Å². The zero-order valence-electron chi connectivity index (χ0n) is 17.0. The van der Waals surface area contributed by atoms with Gasteiger partial charge < -0.3 is 15.4 Å². The zero-order chi connectivity index (χ0) is 21.3. The van der Waals surface area contributed by atoms with Gasteiger partial charge in [0.2, 0.25) is 10.0 Å². The van der Waals surface area contributed by atoms with Gasteiger partial charge in [0.25, 0.3) is 5.91 Å². The van der Waals surface area contributed by atoms with Crippen molar-refractivity contribution < 1.29 is 18.3 Å². The third kappa shape index (κ3) is 3.82. The summed E-state index contributed by atoms with van der Waals surface area (Å²) in [6.45, 7) is 0.116. The standard InChI is InChI=1S/C22H27N3O4S/c1-23-30(28,29)14-9-10-20-17(12-14)18(22(27)25-20)13-21-16(7-5-11-26)15-6-3-2-4-8-19(15)24-21/h9-10,12-13,23-24,26H,2-8,11H2,1H3,(H,25,27). The summed E-state index contributed by atoms with van der Waals surface area (Å²) in [6.07, 6.45) is 8.70. The normalized spacial score (nSPS) is 17.5. The molecule has 0 spiro atoms. The van der Waals surface area contributed by atoms with Crippen molar-refractivity contribution in [2.75, 3.05) is 19.0 Å². The molecule has 1 aliphatic carbocycles. The van der Waals surface area contributed by atoms with E-state index in [9.17, 15) is 18.3 Å². The van der Waals surface area contributed by atoms with Crippen molar-refractivity contribution in [1.82, 2.24) is 9.71 Å². The first kappa shape index (κ1) is 20.8. The van der Waals surface area contributed by atoms with Crippen molar-refractivity contribution in [3.05, 3.63) is 46.3 Å². The number of rotatable bonds is 6. The molecule has 160 valence electrons. The van der Waals surface area contributed by atoms with Crippen LogP contribution in [0.15, 0.2) is 23.1 Å². The molecular weight excluding hydrogens is 402 g/mol. The highest BCUT2D eigenvalue weighted by Crippen LogP contribution is 2.36. The molecule has 1 amide bonds. The fourth-order valence-electron chi connectivity index (χ4n) is 4.36. The molecule has 4 rings (SSSR count). The second-order valence-electron chi connectivity index (χ2n) is 7.79. The van der Waals surface area contributed by atoms with Crippen molar-refractivity contribution in [2.24, 2.45) is 0 Å². The number of aliphatic hydroxyl groups is 1. The van der Waals surface area contributed by atoms with Crippen LogP contribution in [-0.4, -0.2) is 38.1 Å². The Kier molecular flexibility index (Phi) is 5.81. The Morgan fingerprint density at radius 3 is 2.77 bits per heavy atom. The summed E-state index contributed by atoms with van der Waals surface area (Å²) in [5.74, 6) is -0.248. The van der Waals surface area contributed by atoms with E-state index in [1.807, 2.05) is 6.08 Å². The maximum Gasteiger partial charge on any atom is 0.256 e. The van der Waals surface area contributed by atoms with Crippen LogP contribution in [0.4, 0.5) is 5.69 Å². The molecule has 0 fully saturated rings. The number of amides is 1. The number of sulfonamides is 1. The van der Waals surface area contributed by atoms with Crippen LogP contribution in [0.5, 0.6) is 0 Å². The summed E-state index contributed by atoms with van der Waals surface area (Å²) in [5.41, 5.74) is 6.21. The van der Waals surface area contributed by atoms with E-state index in [4.69, 9.17) is 0 Å². The van der Waals surface area contributed by atoms with Gasteiger partial charge >= 0.3 is 0 Å². The summed E-state index contributed by atoms with van der Waals surface area (Å²) in [6, 6.07) is 4.64. The number of carbonyl (C=O) groups excluding carboxylic acids is 1. The molecule has 2 aromatic rings. The molecule has 0 saturated heterocycles. The molecule has 1 aliphatic heterocycles. The van der Waals surface area contributed by atoms with E-state index in [2.05, 4.69) is 15.0 Å². The van der Waals surface area contributed by atoms with Gasteiger partial charge in [-0.1, -0.05) is 6.42 Å². The average Bonchev–Trinajstić information content (AvgIpc) is 3.11. The first-order valence-corrected chi connectivity index (χ1v) is 11.9. The number of aliphatic hydroxyl groups excluding tert-OH is 1. The Labute approximate surface area is 176 Å². The number of anilines is 1. The smallest absolute Gasteiger partial charge is 0.256 e. The molecule has 0 bridgehead atoms. The van der Waals surface area contributed by atoms with Gasteiger partial charge in [-0.25, -0.2) is 13.1 Å². The lowest BCUT2D eigenvalue weighted by Gasteiger charge is -2.06. The van der Waals surface area contributed by atoms with Gasteiger partial charge in [-0.3, -0.25) is 4.79 Å². The Bertz CT molecular complexity index is 1120. The molecule has 0 atom stereocenters. The van der Waals surface area contributed by atoms with Gasteiger partial charge in [-0.15, -0.1) is 0 Å². The molecule has 4 N–H and O–H groups in total. The Morgan fingerprint density at radius 2 is 2.00 bits per heavy atom. The number of hydrogen-bond acceptors (Lipinski definition) is 4. The third-order valence-corrected chi connectivity index (χ3v) is 7.33. The number of carbonyl (C=O) groups is 1. The summed E-state index contributed by atoms with van der Waals surface area (Å²) in [5, 5.41) is 12.2. The molecule has 0 radical (unpaired) electrons. The first-order valence-electron chi connectivity index (χ1n) is 10.4. The summed E-state index contributed by atoms with van der Waals surface area (Å²) in [7, 11) is -2.25. The minimum absolute atomic E-state index is 0.116. The number of nitrogens with one attached hydrogen (secondary N) is 3. The minimum Gasteiger partial charge on any atom is -0.396 e. The lowest BCUT2D eigenvalue weighted by atomic mass is 9.98. The van der Waals surface area contributed by atoms with Crippen LogP contribution in [0.25, 0.3) is 11.6 Å². The quantitative estimate of drug-likeness (QED) is 0.418. The number of hydrogen-bond donors (Lipinski definition) is 4. The molecular formula is C22H27N3O4S. The molecule has 1 aromatic carbocycles. The zero-order valence-corrected chi connectivity index (χ0v) is 17.9. The van der Waals surface area contributed by atoms with E-state index in [1.165, 1.54) is 36.9 Å². The van der Waals surface area contributed by atoms with E-state index >= 15 is 0 Å². The van der Waals surface area contributed by atoms with E-state index in [1.54, 1.807) is 6.07 Å². The lowest BCUT2D eigenvalue weighted by molar-refractivity contribution is -0.110. The number of aryl methyl sites for hydroxylation is 1. The Hall–Kier alpha value is -2.42. The van der Waals surface area contributed by atoms with Crippen LogP contribution in [-0.2, 0) is 34.1 Å². The fraction of sp³-hybridized carbons (Fsp3) is 0.409. The molecule has 8 heteroatoms. The maximum atomic E-state index is 12.7. The van der Waals surface area contributed by atoms with E-state index in [0.29, 0.717) is 23.2 Å². The largest absolute Gasteiger partial charge is 0.396 e. The maximum absolute atomic E-state index is 12.7. The average molecular weight is 430 g/mol. The first-order chi connectivity index (χ1) is 14.4. The van der Waals surface area contributed by atoms with Gasteiger partial charge in [0.1, 0.15) is 0 Å². The number of H-pyrrole nitrogens is 1. The van der Waals surface area contributed by atoms with E-state index in [0.717, 1.165) is 43.4 Å². The minimum atomic E-state index is -3.61. The third-order valence-electron chi connectivity index (χ3n) is 5.92. The second-order valence-corrected chi connectivity index (χ2v) is 9.68. The van der Waals surface area contributed by atoms with Gasteiger partial charge in [0.15, 0.2) is 0 Å². The molecule has 2 heterocycles. The highest BCUT2D eigenvalue weighted by Gasteiger charge is 2.27. The molecule has 0 saturated carbocycles. The molecule has 7 nitrogen and oxygen atoms in total. The summed E-state index contributed by atoms with van der Waals surface area (Å²) >= 11 is 0. The van der Waals surface area contributed by atoms with Gasteiger partial charge in [-0.2, -0.15) is 0 Å². The van der Waals surface area contributed by atoms with Crippen LogP contribution < -0.4 is 10.0 Å². The number of aromatic nitrogens is 1. The predicted octanol–water partition coefficient (Wildman–Crippen LogP) is 2.61. The van der Waals surface area contributed by atoms with Crippen molar-refractivity contribution in [2.45, 2.75) is 49.8 Å². The number of benzene rings is 1. The fourth-order valence-corrected chi connectivity index (χ4v) is 5.11. The highest BCUT2D eigenvalue weighted by atomic mass is 32.2. The topological polar surface area (TPSA) is 111 Å². The highest BCUT2D eigenvalue weighted by molar-refractivity contribution is 7.89. The van der Waals surface area contributed by atoms with E-state index in [-0.39, 0.29) is 17.4 Å².